The second-order valence-corrected chi connectivity index (χ2v) is 4.08. The maximum absolute atomic E-state index is 5.93. The van der Waals surface area contributed by atoms with Crippen LogP contribution >= 0.6 is 23.2 Å². The van der Waals surface area contributed by atoms with Crippen LogP contribution in [0, 0.1) is 0 Å². The predicted molar refractivity (Wildman–Crippen MR) is 74.8 cm³/mol. The van der Waals surface area contributed by atoms with Gasteiger partial charge in [-0.2, -0.15) is 0 Å². The standard InChI is InChI=1S/C13H10Cl2O2.Bi/c14-10-5-1-3-7-12(10)16-9-17-13-8-4-2-6-11(13)15;/h1-8H,9H2;. The fourth-order valence-corrected chi connectivity index (χ4v) is 1.66. The number of hydrogen-bond acceptors (Lipinski definition) is 2. The molecular weight excluding hydrogens is 468 g/mol. The summed E-state index contributed by atoms with van der Waals surface area (Å²) >= 11 is 11.9. The summed E-state index contributed by atoms with van der Waals surface area (Å²) in [4.78, 5) is 0. The van der Waals surface area contributed by atoms with E-state index in [0.717, 1.165) is 0 Å². The third-order valence-corrected chi connectivity index (χ3v) is 2.73. The average Bonchev–Trinajstić information content (AvgIpc) is 2.34. The van der Waals surface area contributed by atoms with Crippen molar-refractivity contribution in [3.63, 3.8) is 0 Å². The Morgan fingerprint density at radius 2 is 1.11 bits per heavy atom. The van der Waals surface area contributed by atoms with E-state index in [2.05, 4.69) is 0 Å². The van der Waals surface area contributed by atoms with Crippen LogP contribution in [0.5, 0.6) is 11.5 Å². The zero-order valence-electron chi connectivity index (χ0n) is 9.35. The first kappa shape index (κ1) is 15.6. The van der Waals surface area contributed by atoms with Crippen LogP contribution in [0.4, 0.5) is 0 Å². The average molecular weight is 478 g/mol. The quantitative estimate of drug-likeness (QED) is 0.489. The summed E-state index contributed by atoms with van der Waals surface area (Å²) < 4.78 is 10.8. The Labute approximate surface area is 135 Å². The van der Waals surface area contributed by atoms with Crippen molar-refractivity contribution < 1.29 is 9.47 Å². The summed E-state index contributed by atoms with van der Waals surface area (Å²) in [5.41, 5.74) is 0. The van der Waals surface area contributed by atoms with Gasteiger partial charge in [-0.25, -0.2) is 0 Å². The van der Waals surface area contributed by atoms with Gasteiger partial charge in [0.1, 0.15) is 11.5 Å². The number of para-hydroxylation sites is 2. The Morgan fingerprint density at radius 1 is 0.722 bits per heavy atom. The number of ether oxygens (including phenoxy) is 2. The van der Waals surface area contributed by atoms with Crippen molar-refractivity contribution >= 4 is 49.4 Å². The molecule has 0 saturated heterocycles. The third-order valence-electron chi connectivity index (χ3n) is 2.10. The molecule has 2 aromatic carbocycles. The molecular formula is C13H10BiCl2O2. The maximum atomic E-state index is 5.93. The molecule has 18 heavy (non-hydrogen) atoms. The third kappa shape index (κ3) is 4.31. The van der Waals surface area contributed by atoms with E-state index in [-0.39, 0.29) is 33.0 Å². The van der Waals surface area contributed by atoms with Gasteiger partial charge in [-0.05, 0) is 24.3 Å². The molecule has 0 unspecified atom stereocenters. The Hall–Kier alpha value is -0.497. The molecule has 0 aliphatic carbocycles. The van der Waals surface area contributed by atoms with Crippen LogP contribution in [0.3, 0.4) is 0 Å². The minimum absolute atomic E-state index is 0. The van der Waals surface area contributed by atoms with E-state index in [4.69, 9.17) is 32.7 Å². The van der Waals surface area contributed by atoms with Crippen LogP contribution in [-0.2, 0) is 0 Å². The van der Waals surface area contributed by atoms with Crippen molar-refractivity contribution in [2.45, 2.75) is 0 Å². The fourth-order valence-electron chi connectivity index (χ4n) is 1.28. The molecule has 0 aliphatic heterocycles. The summed E-state index contributed by atoms with van der Waals surface area (Å²) in [6, 6.07) is 14.4. The van der Waals surface area contributed by atoms with Gasteiger partial charge in [0, 0.05) is 26.2 Å². The number of rotatable bonds is 4. The summed E-state index contributed by atoms with van der Waals surface area (Å²) in [5.74, 6) is 1.17. The van der Waals surface area contributed by atoms with Crippen molar-refractivity contribution in [3.8, 4) is 11.5 Å². The minimum atomic E-state index is 0. The van der Waals surface area contributed by atoms with Gasteiger partial charge in [0.05, 0.1) is 10.0 Å². The van der Waals surface area contributed by atoms with Crippen molar-refractivity contribution in [1.82, 2.24) is 0 Å². The fraction of sp³-hybridized carbons (Fsp3) is 0.0769. The van der Waals surface area contributed by atoms with E-state index in [1.807, 2.05) is 24.3 Å². The van der Waals surface area contributed by atoms with Crippen LogP contribution in [0.25, 0.3) is 0 Å². The maximum Gasteiger partial charge on any atom is 0.231 e. The second kappa shape index (κ2) is 7.83. The largest absolute Gasteiger partial charge is 0.456 e. The van der Waals surface area contributed by atoms with Gasteiger partial charge in [0.25, 0.3) is 0 Å². The van der Waals surface area contributed by atoms with Crippen molar-refractivity contribution in [2.75, 3.05) is 6.79 Å². The molecule has 5 heteroatoms. The first-order valence-corrected chi connectivity index (χ1v) is 5.77. The molecule has 3 radical (unpaired) electrons. The number of halogens is 2. The summed E-state index contributed by atoms with van der Waals surface area (Å²) in [5, 5.41) is 1.10. The van der Waals surface area contributed by atoms with Gasteiger partial charge in [-0.1, -0.05) is 47.5 Å². The molecule has 0 amide bonds. The number of hydrogen-bond donors (Lipinski definition) is 0. The molecule has 0 fully saturated rings. The van der Waals surface area contributed by atoms with E-state index in [9.17, 15) is 0 Å². The number of benzene rings is 2. The van der Waals surface area contributed by atoms with Crippen molar-refractivity contribution in [2.24, 2.45) is 0 Å². The topological polar surface area (TPSA) is 18.5 Å². The molecule has 0 bridgehead atoms. The van der Waals surface area contributed by atoms with Gasteiger partial charge in [0.15, 0.2) is 0 Å². The molecule has 0 heterocycles. The van der Waals surface area contributed by atoms with E-state index >= 15 is 0 Å². The normalized spacial score (nSPS) is 9.44. The molecule has 0 aliphatic rings. The van der Waals surface area contributed by atoms with Crippen LogP contribution in [-0.4, -0.2) is 33.0 Å². The van der Waals surface area contributed by atoms with E-state index in [1.165, 1.54) is 0 Å². The monoisotopic (exact) mass is 477 g/mol. The Bertz CT molecular complexity index is 460. The smallest absolute Gasteiger partial charge is 0.231 e. The van der Waals surface area contributed by atoms with Gasteiger partial charge in [-0.3, -0.25) is 0 Å². The van der Waals surface area contributed by atoms with Gasteiger partial charge in [-0.15, -0.1) is 0 Å². The predicted octanol–water partition coefficient (Wildman–Crippen LogP) is 4.03. The molecule has 2 aromatic rings. The van der Waals surface area contributed by atoms with Crippen LogP contribution in [0.1, 0.15) is 0 Å². The first-order chi connectivity index (χ1) is 8.27. The zero-order valence-corrected chi connectivity index (χ0v) is 14.3. The Kier molecular flexibility index (Phi) is 6.77. The Morgan fingerprint density at radius 3 is 1.50 bits per heavy atom. The van der Waals surface area contributed by atoms with Crippen molar-refractivity contribution in [3.05, 3.63) is 58.6 Å². The summed E-state index contributed by atoms with van der Waals surface area (Å²) in [6.07, 6.45) is 0. The molecule has 0 atom stereocenters. The molecule has 0 aromatic heterocycles. The Balaban J connectivity index is 0.00000162. The SMILES string of the molecule is Clc1ccccc1OCOc1ccccc1Cl.[Bi]. The molecule has 0 spiro atoms. The van der Waals surface area contributed by atoms with Crippen LogP contribution in [0.15, 0.2) is 48.5 Å². The molecule has 0 saturated carbocycles. The van der Waals surface area contributed by atoms with Crippen LogP contribution < -0.4 is 9.47 Å². The van der Waals surface area contributed by atoms with E-state index in [1.54, 1.807) is 24.3 Å². The molecule has 2 rings (SSSR count). The van der Waals surface area contributed by atoms with E-state index in [0.29, 0.717) is 21.5 Å². The first-order valence-electron chi connectivity index (χ1n) is 5.02. The minimum Gasteiger partial charge on any atom is -0.456 e. The van der Waals surface area contributed by atoms with Crippen molar-refractivity contribution in [1.29, 1.82) is 0 Å². The van der Waals surface area contributed by atoms with Crippen LogP contribution in [0.2, 0.25) is 10.0 Å². The molecule has 93 valence electrons. The molecule has 2 nitrogen and oxygen atoms in total. The van der Waals surface area contributed by atoms with E-state index < -0.39 is 0 Å². The van der Waals surface area contributed by atoms with Gasteiger partial charge < -0.3 is 9.47 Å². The summed E-state index contributed by atoms with van der Waals surface area (Å²) in [7, 11) is 0. The summed E-state index contributed by atoms with van der Waals surface area (Å²) in [6.45, 7) is 0.0630. The second-order valence-electron chi connectivity index (χ2n) is 3.27. The molecule has 0 N–H and O–H groups in total. The van der Waals surface area contributed by atoms with Gasteiger partial charge in [0.2, 0.25) is 6.79 Å². The zero-order chi connectivity index (χ0) is 12.1. The van der Waals surface area contributed by atoms with Gasteiger partial charge >= 0.3 is 0 Å².